The standard InChI is InChI=1S/C15H14N4O/c16-9-13-8-11(3-5-18-13)15(20)19-6-4-10-7-12(17)1-2-14(10)19/h1-8H,9,16-17H2. The van der Waals surface area contributed by atoms with Crippen LogP contribution in [0.4, 0.5) is 5.69 Å². The fourth-order valence-electron chi connectivity index (χ4n) is 2.20. The van der Waals surface area contributed by atoms with Gasteiger partial charge in [-0.1, -0.05) is 0 Å². The summed E-state index contributed by atoms with van der Waals surface area (Å²) in [6.07, 6.45) is 3.34. The van der Waals surface area contributed by atoms with Crippen LogP contribution in [0.1, 0.15) is 16.1 Å². The Labute approximate surface area is 115 Å². The van der Waals surface area contributed by atoms with Crippen LogP contribution in [-0.2, 0) is 6.54 Å². The van der Waals surface area contributed by atoms with Crippen molar-refractivity contribution in [1.29, 1.82) is 0 Å². The van der Waals surface area contributed by atoms with Gasteiger partial charge >= 0.3 is 0 Å². The number of nitrogens with two attached hydrogens (primary N) is 2. The molecular formula is C15H14N4O. The van der Waals surface area contributed by atoms with E-state index in [1.807, 2.05) is 18.2 Å². The first-order chi connectivity index (χ1) is 9.69. The number of hydrogen-bond donors (Lipinski definition) is 2. The predicted molar refractivity (Wildman–Crippen MR) is 78.2 cm³/mol. The van der Waals surface area contributed by atoms with Crippen LogP contribution < -0.4 is 11.5 Å². The molecule has 2 heterocycles. The van der Waals surface area contributed by atoms with E-state index in [1.165, 1.54) is 0 Å². The van der Waals surface area contributed by atoms with Crippen molar-refractivity contribution < 1.29 is 4.79 Å². The highest BCUT2D eigenvalue weighted by molar-refractivity contribution is 6.02. The Morgan fingerprint density at radius 2 is 2.05 bits per heavy atom. The van der Waals surface area contributed by atoms with Crippen LogP contribution in [0.5, 0.6) is 0 Å². The summed E-state index contributed by atoms with van der Waals surface area (Å²) in [4.78, 5) is 16.6. The lowest BCUT2D eigenvalue weighted by molar-refractivity contribution is 0.0965. The smallest absolute Gasteiger partial charge is 0.262 e. The molecule has 0 fully saturated rings. The Balaban J connectivity index is 2.08. The molecular weight excluding hydrogens is 252 g/mol. The molecule has 0 saturated heterocycles. The van der Waals surface area contributed by atoms with E-state index in [2.05, 4.69) is 4.98 Å². The molecule has 0 aliphatic carbocycles. The largest absolute Gasteiger partial charge is 0.399 e. The molecule has 3 rings (SSSR count). The number of carbonyl (C=O) groups is 1. The van der Waals surface area contributed by atoms with Crippen LogP contribution in [0.25, 0.3) is 10.9 Å². The molecule has 0 aliphatic heterocycles. The monoisotopic (exact) mass is 266 g/mol. The van der Waals surface area contributed by atoms with E-state index in [-0.39, 0.29) is 5.91 Å². The molecule has 3 aromatic rings. The highest BCUT2D eigenvalue weighted by atomic mass is 16.2. The van der Waals surface area contributed by atoms with Gasteiger partial charge in [0.25, 0.3) is 5.91 Å². The van der Waals surface area contributed by atoms with E-state index in [9.17, 15) is 4.79 Å². The lowest BCUT2D eigenvalue weighted by atomic mass is 10.2. The molecule has 0 aliphatic rings. The van der Waals surface area contributed by atoms with Crippen LogP contribution in [0, 0.1) is 0 Å². The van der Waals surface area contributed by atoms with E-state index < -0.39 is 0 Å². The predicted octanol–water partition coefficient (Wildman–Crippen LogP) is 1.77. The molecule has 0 bridgehead atoms. The topological polar surface area (TPSA) is 86.9 Å². The number of nitrogens with zero attached hydrogens (tertiary/aromatic N) is 2. The van der Waals surface area contributed by atoms with Gasteiger partial charge in [0.15, 0.2) is 0 Å². The average molecular weight is 266 g/mol. The Morgan fingerprint density at radius 1 is 1.20 bits per heavy atom. The molecule has 0 amide bonds. The molecule has 5 heteroatoms. The van der Waals surface area contributed by atoms with Crippen LogP contribution in [0.2, 0.25) is 0 Å². The number of aromatic nitrogens is 2. The lowest BCUT2D eigenvalue weighted by Crippen LogP contribution is -2.12. The molecule has 0 unspecified atom stereocenters. The second-order valence-corrected chi connectivity index (χ2v) is 4.55. The third kappa shape index (κ3) is 2.04. The summed E-state index contributed by atoms with van der Waals surface area (Å²) in [6, 6.07) is 10.7. The first-order valence-electron chi connectivity index (χ1n) is 6.25. The first kappa shape index (κ1) is 12.4. The summed E-state index contributed by atoms with van der Waals surface area (Å²) in [5.41, 5.74) is 14.1. The normalized spacial score (nSPS) is 10.8. The molecule has 0 spiro atoms. The molecule has 100 valence electrons. The zero-order valence-corrected chi connectivity index (χ0v) is 10.8. The van der Waals surface area contributed by atoms with Crippen molar-refractivity contribution in [3.05, 3.63) is 60.0 Å². The summed E-state index contributed by atoms with van der Waals surface area (Å²) in [7, 11) is 0. The number of benzene rings is 1. The van der Waals surface area contributed by atoms with Gasteiger partial charge in [-0.05, 0) is 36.4 Å². The van der Waals surface area contributed by atoms with Crippen molar-refractivity contribution in [2.75, 3.05) is 5.73 Å². The van der Waals surface area contributed by atoms with Gasteiger partial charge in [0.1, 0.15) is 0 Å². The van der Waals surface area contributed by atoms with E-state index in [1.54, 1.807) is 35.2 Å². The van der Waals surface area contributed by atoms with Crippen molar-refractivity contribution in [2.24, 2.45) is 5.73 Å². The third-order valence-corrected chi connectivity index (χ3v) is 3.21. The van der Waals surface area contributed by atoms with Crippen molar-refractivity contribution >= 4 is 22.5 Å². The summed E-state index contributed by atoms with van der Waals surface area (Å²) < 4.78 is 1.60. The van der Waals surface area contributed by atoms with Gasteiger partial charge < -0.3 is 11.5 Å². The number of carbonyl (C=O) groups excluding carboxylic acids is 1. The van der Waals surface area contributed by atoms with Gasteiger partial charge in [0, 0.05) is 35.6 Å². The number of pyridine rings is 1. The average Bonchev–Trinajstić information content (AvgIpc) is 2.89. The van der Waals surface area contributed by atoms with Crippen LogP contribution >= 0.6 is 0 Å². The Morgan fingerprint density at radius 3 is 2.85 bits per heavy atom. The number of anilines is 1. The first-order valence-corrected chi connectivity index (χ1v) is 6.25. The van der Waals surface area contributed by atoms with Gasteiger partial charge in [-0.2, -0.15) is 0 Å². The zero-order chi connectivity index (χ0) is 14.1. The maximum Gasteiger partial charge on any atom is 0.262 e. The van der Waals surface area contributed by atoms with Crippen molar-refractivity contribution in [3.63, 3.8) is 0 Å². The summed E-state index contributed by atoms with van der Waals surface area (Å²) in [5, 5.41) is 0.937. The van der Waals surface area contributed by atoms with E-state index in [4.69, 9.17) is 11.5 Å². The second kappa shape index (κ2) is 4.79. The van der Waals surface area contributed by atoms with Gasteiger partial charge in [0.05, 0.1) is 11.2 Å². The quantitative estimate of drug-likeness (QED) is 0.692. The van der Waals surface area contributed by atoms with Crippen molar-refractivity contribution in [1.82, 2.24) is 9.55 Å². The van der Waals surface area contributed by atoms with Crippen LogP contribution in [0.3, 0.4) is 0 Å². The van der Waals surface area contributed by atoms with E-state index in [0.717, 1.165) is 10.9 Å². The molecule has 0 atom stereocenters. The van der Waals surface area contributed by atoms with E-state index >= 15 is 0 Å². The van der Waals surface area contributed by atoms with Crippen LogP contribution in [0.15, 0.2) is 48.8 Å². The number of rotatable bonds is 2. The minimum absolute atomic E-state index is 0.109. The van der Waals surface area contributed by atoms with Gasteiger partial charge in [0.2, 0.25) is 0 Å². The van der Waals surface area contributed by atoms with Crippen molar-refractivity contribution in [3.8, 4) is 0 Å². The summed E-state index contributed by atoms with van der Waals surface area (Å²) >= 11 is 0. The van der Waals surface area contributed by atoms with E-state index in [0.29, 0.717) is 23.5 Å². The van der Waals surface area contributed by atoms with Crippen molar-refractivity contribution in [2.45, 2.75) is 6.54 Å². The maximum atomic E-state index is 12.5. The summed E-state index contributed by atoms with van der Waals surface area (Å²) in [6.45, 7) is 0.310. The molecule has 0 radical (unpaired) electrons. The number of fused-ring (bicyclic) bond motifs is 1. The number of nitrogen functional groups attached to an aromatic ring is 1. The molecule has 0 saturated carbocycles. The minimum Gasteiger partial charge on any atom is -0.399 e. The molecule has 1 aromatic carbocycles. The Hall–Kier alpha value is -2.66. The Kier molecular flexibility index (Phi) is 2.96. The molecule has 5 nitrogen and oxygen atoms in total. The zero-order valence-electron chi connectivity index (χ0n) is 10.8. The maximum absolute atomic E-state index is 12.5. The van der Waals surface area contributed by atoms with Crippen LogP contribution in [-0.4, -0.2) is 15.5 Å². The van der Waals surface area contributed by atoms with Gasteiger partial charge in [-0.15, -0.1) is 0 Å². The summed E-state index contributed by atoms with van der Waals surface area (Å²) in [5.74, 6) is -0.109. The number of hydrogen-bond acceptors (Lipinski definition) is 4. The molecule has 20 heavy (non-hydrogen) atoms. The minimum atomic E-state index is -0.109. The SMILES string of the molecule is NCc1cc(C(=O)n2ccc3cc(N)ccc32)ccn1. The molecule has 4 N–H and O–H groups in total. The van der Waals surface area contributed by atoms with Gasteiger partial charge in [-0.3, -0.25) is 14.3 Å². The fourth-order valence-corrected chi connectivity index (χ4v) is 2.20. The fraction of sp³-hybridized carbons (Fsp3) is 0.0667. The third-order valence-electron chi connectivity index (χ3n) is 3.21. The lowest BCUT2D eigenvalue weighted by Gasteiger charge is -2.05. The van der Waals surface area contributed by atoms with Gasteiger partial charge in [-0.25, -0.2) is 0 Å². The molecule has 2 aromatic heterocycles. The highest BCUT2D eigenvalue weighted by Gasteiger charge is 2.12. The Bertz CT molecular complexity index is 791. The highest BCUT2D eigenvalue weighted by Crippen LogP contribution is 2.20. The second-order valence-electron chi connectivity index (χ2n) is 4.55.